The first-order valence-electron chi connectivity index (χ1n) is 7.62. The molecule has 1 atom stereocenters. The van der Waals surface area contributed by atoms with Crippen LogP contribution in [0.1, 0.15) is 60.5 Å². The first kappa shape index (κ1) is 17.2. The summed E-state index contributed by atoms with van der Waals surface area (Å²) in [5, 5.41) is 2.75. The molecule has 2 amide bonds. The van der Waals surface area contributed by atoms with Crippen LogP contribution in [0, 0.1) is 13.8 Å². The zero-order valence-electron chi connectivity index (χ0n) is 13.2. The van der Waals surface area contributed by atoms with Gasteiger partial charge in [-0.05, 0) is 32.4 Å². The molecule has 1 aromatic carbocycles. The summed E-state index contributed by atoms with van der Waals surface area (Å²) >= 11 is 0. The minimum Gasteiger partial charge on any atom is -0.368 e. The predicted molar refractivity (Wildman–Crippen MR) is 85.1 cm³/mol. The Balaban J connectivity index is 2.65. The van der Waals surface area contributed by atoms with Crippen molar-refractivity contribution in [3.63, 3.8) is 0 Å². The molecule has 0 aromatic heterocycles. The van der Waals surface area contributed by atoms with Crippen LogP contribution in [0.3, 0.4) is 0 Å². The van der Waals surface area contributed by atoms with E-state index in [9.17, 15) is 9.59 Å². The standard InChI is InChI=1S/C17H26N2O2/c1-4-5-6-7-8-15(16(18)20)19-17(21)14-10-12(2)9-13(3)11-14/h9-11,15H,4-8H2,1-3H3,(H2,18,20)(H,19,21)/t15-/m1/s1. The lowest BCUT2D eigenvalue weighted by Crippen LogP contribution is -2.44. The van der Waals surface area contributed by atoms with Gasteiger partial charge in [-0.1, -0.05) is 49.8 Å². The number of nitrogens with one attached hydrogen (secondary N) is 1. The van der Waals surface area contributed by atoms with E-state index in [0.29, 0.717) is 12.0 Å². The number of rotatable bonds is 8. The Hall–Kier alpha value is -1.84. The van der Waals surface area contributed by atoms with Crippen LogP contribution >= 0.6 is 0 Å². The Morgan fingerprint density at radius 3 is 2.24 bits per heavy atom. The third-order valence-corrected chi connectivity index (χ3v) is 3.48. The van der Waals surface area contributed by atoms with E-state index in [1.165, 1.54) is 0 Å². The summed E-state index contributed by atoms with van der Waals surface area (Å²) < 4.78 is 0. The van der Waals surface area contributed by atoms with Crippen LogP contribution in [0.25, 0.3) is 0 Å². The molecule has 116 valence electrons. The van der Waals surface area contributed by atoms with Crippen LogP contribution in [-0.4, -0.2) is 17.9 Å². The van der Waals surface area contributed by atoms with Gasteiger partial charge in [0.1, 0.15) is 6.04 Å². The third-order valence-electron chi connectivity index (χ3n) is 3.48. The number of aryl methyl sites for hydroxylation is 2. The molecule has 0 unspecified atom stereocenters. The van der Waals surface area contributed by atoms with Gasteiger partial charge in [-0.15, -0.1) is 0 Å². The SMILES string of the molecule is CCCCCC[C@@H](NC(=O)c1cc(C)cc(C)c1)C(N)=O. The maximum absolute atomic E-state index is 12.2. The normalized spacial score (nSPS) is 12.0. The summed E-state index contributed by atoms with van der Waals surface area (Å²) in [6.07, 6.45) is 4.83. The van der Waals surface area contributed by atoms with E-state index < -0.39 is 11.9 Å². The van der Waals surface area contributed by atoms with Gasteiger partial charge in [-0.3, -0.25) is 9.59 Å². The van der Waals surface area contributed by atoms with Crippen molar-refractivity contribution in [1.82, 2.24) is 5.32 Å². The number of hydrogen-bond acceptors (Lipinski definition) is 2. The van der Waals surface area contributed by atoms with Crippen molar-refractivity contribution in [2.24, 2.45) is 5.73 Å². The highest BCUT2D eigenvalue weighted by Gasteiger charge is 2.18. The van der Waals surface area contributed by atoms with E-state index in [-0.39, 0.29) is 5.91 Å². The van der Waals surface area contributed by atoms with E-state index in [2.05, 4.69) is 12.2 Å². The Morgan fingerprint density at radius 1 is 1.10 bits per heavy atom. The van der Waals surface area contributed by atoms with Gasteiger partial charge in [0.25, 0.3) is 5.91 Å². The monoisotopic (exact) mass is 290 g/mol. The molecule has 4 heteroatoms. The zero-order valence-corrected chi connectivity index (χ0v) is 13.2. The number of nitrogens with two attached hydrogens (primary N) is 1. The van der Waals surface area contributed by atoms with Crippen molar-refractivity contribution in [1.29, 1.82) is 0 Å². The fourth-order valence-corrected chi connectivity index (χ4v) is 2.41. The Morgan fingerprint density at radius 2 is 1.71 bits per heavy atom. The molecule has 0 radical (unpaired) electrons. The smallest absolute Gasteiger partial charge is 0.251 e. The minimum atomic E-state index is -0.588. The van der Waals surface area contributed by atoms with Crippen molar-refractivity contribution in [2.45, 2.75) is 58.9 Å². The van der Waals surface area contributed by atoms with Crippen LogP contribution in [0.5, 0.6) is 0 Å². The van der Waals surface area contributed by atoms with Gasteiger partial charge < -0.3 is 11.1 Å². The Kier molecular flexibility index (Phi) is 6.92. The highest BCUT2D eigenvalue weighted by molar-refractivity contribution is 5.97. The second-order valence-electron chi connectivity index (χ2n) is 5.65. The van der Waals surface area contributed by atoms with E-state index >= 15 is 0 Å². The molecule has 4 nitrogen and oxygen atoms in total. The van der Waals surface area contributed by atoms with Gasteiger partial charge in [0.2, 0.25) is 5.91 Å². The topological polar surface area (TPSA) is 72.2 Å². The molecule has 1 rings (SSSR count). The molecule has 0 aliphatic carbocycles. The molecule has 3 N–H and O–H groups in total. The van der Waals surface area contributed by atoms with Crippen LogP contribution < -0.4 is 11.1 Å². The van der Waals surface area contributed by atoms with Crippen molar-refractivity contribution in [3.05, 3.63) is 34.9 Å². The number of carbonyl (C=O) groups excluding carboxylic acids is 2. The average molecular weight is 290 g/mol. The largest absolute Gasteiger partial charge is 0.368 e. The maximum atomic E-state index is 12.2. The van der Waals surface area contributed by atoms with Crippen LogP contribution in [-0.2, 0) is 4.79 Å². The molecule has 1 aromatic rings. The quantitative estimate of drug-likeness (QED) is 0.723. The molecule has 0 saturated heterocycles. The van der Waals surface area contributed by atoms with Gasteiger partial charge in [0.05, 0.1) is 0 Å². The third kappa shape index (κ3) is 5.98. The first-order valence-corrected chi connectivity index (χ1v) is 7.62. The van der Waals surface area contributed by atoms with Crippen molar-refractivity contribution >= 4 is 11.8 Å². The number of benzene rings is 1. The van der Waals surface area contributed by atoms with Crippen molar-refractivity contribution in [2.75, 3.05) is 0 Å². The van der Waals surface area contributed by atoms with E-state index in [4.69, 9.17) is 5.73 Å². The highest BCUT2D eigenvalue weighted by atomic mass is 16.2. The zero-order chi connectivity index (χ0) is 15.8. The van der Waals surface area contributed by atoms with E-state index in [1.54, 1.807) is 0 Å². The molecular weight excluding hydrogens is 264 g/mol. The van der Waals surface area contributed by atoms with Crippen molar-refractivity contribution in [3.8, 4) is 0 Å². The second-order valence-corrected chi connectivity index (χ2v) is 5.65. The van der Waals surface area contributed by atoms with Crippen LogP contribution in [0.2, 0.25) is 0 Å². The number of unbranched alkanes of at least 4 members (excludes halogenated alkanes) is 3. The van der Waals surface area contributed by atoms with Gasteiger partial charge in [-0.25, -0.2) is 0 Å². The van der Waals surface area contributed by atoms with E-state index in [1.807, 2.05) is 32.0 Å². The maximum Gasteiger partial charge on any atom is 0.251 e. The van der Waals surface area contributed by atoms with E-state index in [0.717, 1.165) is 36.8 Å². The number of amides is 2. The number of carbonyl (C=O) groups is 2. The lowest BCUT2D eigenvalue weighted by atomic mass is 10.0. The fourth-order valence-electron chi connectivity index (χ4n) is 2.41. The Labute approximate surface area is 127 Å². The summed E-state index contributed by atoms with van der Waals surface area (Å²) in [5.41, 5.74) is 8.01. The van der Waals surface area contributed by atoms with Crippen LogP contribution in [0.15, 0.2) is 18.2 Å². The molecule has 0 aliphatic heterocycles. The molecule has 21 heavy (non-hydrogen) atoms. The predicted octanol–water partition coefficient (Wildman–Crippen LogP) is 2.86. The summed E-state index contributed by atoms with van der Waals surface area (Å²) in [4.78, 5) is 23.7. The molecule has 0 aliphatic rings. The van der Waals surface area contributed by atoms with Gasteiger partial charge in [0, 0.05) is 5.56 Å². The summed E-state index contributed by atoms with van der Waals surface area (Å²) in [6, 6.07) is 5.05. The molecule has 0 bridgehead atoms. The number of hydrogen-bond donors (Lipinski definition) is 2. The Bertz CT molecular complexity index is 477. The highest BCUT2D eigenvalue weighted by Crippen LogP contribution is 2.10. The minimum absolute atomic E-state index is 0.235. The fraction of sp³-hybridized carbons (Fsp3) is 0.529. The molecule has 0 spiro atoms. The second kappa shape index (κ2) is 8.45. The van der Waals surface area contributed by atoms with Crippen molar-refractivity contribution < 1.29 is 9.59 Å². The lowest BCUT2D eigenvalue weighted by molar-refractivity contribution is -0.120. The molecule has 0 heterocycles. The van der Waals surface area contributed by atoms with Gasteiger partial charge in [0.15, 0.2) is 0 Å². The van der Waals surface area contributed by atoms with Crippen LogP contribution in [0.4, 0.5) is 0 Å². The molecule has 0 saturated carbocycles. The summed E-state index contributed by atoms with van der Waals surface area (Å²) in [7, 11) is 0. The number of primary amides is 1. The molecule has 0 fully saturated rings. The van der Waals surface area contributed by atoms with Gasteiger partial charge >= 0.3 is 0 Å². The summed E-state index contributed by atoms with van der Waals surface area (Å²) in [5.74, 6) is -0.703. The molecular formula is C17H26N2O2. The lowest BCUT2D eigenvalue weighted by Gasteiger charge is -2.16. The average Bonchev–Trinajstić information content (AvgIpc) is 2.40. The first-order chi connectivity index (χ1) is 9.93. The summed E-state index contributed by atoms with van der Waals surface area (Å²) in [6.45, 7) is 6.02. The van der Waals surface area contributed by atoms with Gasteiger partial charge in [-0.2, -0.15) is 0 Å².